The molecule has 0 radical (unpaired) electrons. The maximum atomic E-state index is 11.5. The third-order valence-corrected chi connectivity index (χ3v) is 2.92. The molecule has 18 heavy (non-hydrogen) atoms. The number of carbonyl (C=O) groups excluding carboxylic acids is 2. The highest BCUT2D eigenvalue weighted by Crippen LogP contribution is 2.18. The topological polar surface area (TPSA) is 58.2 Å². The molecule has 2 rings (SSSR count). The fourth-order valence-electron chi connectivity index (χ4n) is 1.52. The molecule has 0 bridgehead atoms. The first-order valence-corrected chi connectivity index (χ1v) is 6.32. The van der Waals surface area contributed by atoms with E-state index in [1.807, 2.05) is 12.1 Å². The number of carbonyl (C=O) groups is 2. The number of nitrogens with one attached hydrogen (secondary N) is 2. The summed E-state index contributed by atoms with van der Waals surface area (Å²) in [6.45, 7) is 0.409. The zero-order valence-corrected chi connectivity index (χ0v) is 10.7. The van der Waals surface area contributed by atoms with Crippen molar-refractivity contribution in [2.24, 2.45) is 0 Å². The van der Waals surface area contributed by atoms with E-state index >= 15 is 0 Å². The van der Waals surface area contributed by atoms with Gasteiger partial charge in [0.2, 0.25) is 11.8 Å². The molecule has 0 heterocycles. The summed E-state index contributed by atoms with van der Waals surface area (Å²) in [6.07, 6.45) is 1.94. The quantitative estimate of drug-likeness (QED) is 0.796. The van der Waals surface area contributed by atoms with Crippen molar-refractivity contribution in [1.82, 2.24) is 10.6 Å². The Hall–Kier alpha value is -1.55. The van der Waals surface area contributed by atoms with Crippen molar-refractivity contribution in [3.63, 3.8) is 0 Å². The van der Waals surface area contributed by atoms with Crippen LogP contribution in [0.1, 0.15) is 24.8 Å². The van der Waals surface area contributed by atoms with Crippen LogP contribution in [-0.4, -0.2) is 17.9 Å². The largest absolute Gasteiger partial charge is 0.353 e. The molecule has 1 aromatic carbocycles. The Labute approximate surface area is 111 Å². The molecule has 0 saturated heterocycles. The number of hydrogen-bond donors (Lipinski definition) is 2. The molecule has 0 aliphatic heterocycles. The second-order valence-corrected chi connectivity index (χ2v) is 4.86. The second kappa shape index (κ2) is 5.87. The van der Waals surface area contributed by atoms with Crippen LogP contribution in [0.3, 0.4) is 0 Å². The van der Waals surface area contributed by atoms with Crippen LogP contribution in [0.5, 0.6) is 0 Å². The van der Waals surface area contributed by atoms with E-state index in [-0.39, 0.29) is 18.2 Å². The summed E-state index contributed by atoms with van der Waals surface area (Å²) < 4.78 is 0. The van der Waals surface area contributed by atoms with Gasteiger partial charge >= 0.3 is 0 Å². The molecule has 2 amide bonds. The molecule has 1 fully saturated rings. The van der Waals surface area contributed by atoms with E-state index < -0.39 is 0 Å². The Morgan fingerprint density at radius 3 is 2.44 bits per heavy atom. The van der Waals surface area contributed by atoms with Crippen molar-refractivity contribution in [2.45, 2.75) is 31.8 Å². The molecule has 0 atom stereocenters. The zero-order valence-electron chi connectivity index (χ0n) is 9.91. The van der Waals surface area contributed by atoms with Crippen LogP contribution in [0.4, 0.5) is 0 Å². The summed E-state index contributed by atoms with van der Waals surface area (Å²) in [7, 11) is 0. The third kappa shape index (κ3) is 4.37. The SMILES string of the molecule is O=C(CC(=O)NC1CC1)NCc1ccc(Cl)cc1. The summed E-state index contributed by atoms with van der Waals surface area (Å²) in [5.74, 6) is -0.464. The molecule has 4 nitrogen and oxygen atoms in total. The minimum Gasteiger partial charge on any atom is -0.353 e. The van der Waals surface area contributed by atoms with E-state index in [1.165, 1.54) is 0 Å². The Bertz CT molecular complexity index is 441. The van der Waals surface area contributed by atoms with Crippen LogP contribution in [0.25, 0.3) is 0 Å². The van der Waals surface area contributed by atoms with Crippen LogP contribution in [-0.2, 0) is 16.1 Å². The van der Waals surface area contributed by atoms with Crippen molar-refractivity contribution in [3.05, 3.63) is 34.9 Å². The molecule has 0 aromatic heterocycles. The predicted molar refractivity (Wildman–Crippen MR) is 69.1 cm³/mol. The van der Waals surface area contributed by atoms with E-state index in [0.717, 1.165) is 18.4 Å². The zero-order chi connectivity index (χ0) is 13.0. The van der Waals surface area contributed by atoms with Crippen LogP contribution in [0.2, 0.25) is 5.02 Å². The molecule has 5 heteroatoms. The van der Waals surface area contributed by atoms with Crippen LogP contribution in [0, 0.1) is 0 Å². The Morgan fingerprint density at radius 1 is 1.17 bits per heavy atom. The minimum absolute atomic E-state index is 0.107. The van der Waals surface area contributed by atoms with Gasteiger partial charge in [0, 0.05) is 17.6 Å². The van der Waals surface area contributed by atoms with Crippen molar-refractivity contribution in [2.75, 3.05) is 0 Å². The van der Waals surface area contributed by atoms with E-state index in [0.29, 0.717) is 17.6 Å². The summed E-state index contributed by atoms with van der Waals surface area (Å²) in [5, 5.41) is 6.13. The molecule has 0 unspecified atom stereocenters. The van der Waals surface area contributed by atoms with Gasteiger partial charge in [-0.05, 0) is 30.5 Å². The number of rotatable bonds is 5. The fraction of sp³-hybridized carbons (Fsp3) is 0.385. The van der Waals surface area contributed by atoms with Gasteiger partial charge in [-0.15, -0.1) is 0 Å². The van der Waals surface area contributed by atoms with Crippen molar-refractivity contribution >= 4 is 23.4 Å². The average molecular weight is 267 g/mol. The summed E-state index contributed by atoms with van der Waals surface area (Å²) in [5.41, 5.74) is 0.954. The van der Waals surface area contributed by atoms with Crippen LogP contribution < -0.4 is 10.6 Å². The van der Waals surface area contributed by atoms with Crippen molar-refractivity contribution in [3.8, 4) is 0 Å². The molecule has 0 spiro atoms. The lowest BCUT2D eigenvalue weighted by molar-refractivity contribution is -0.129. The lowest BCUT2D eigenvalue weighted by atomic mass is 10.2. The Balaban J connectivity index is 1.70. The molecule has 1 aliphatic rings. The van der Waals surface area contributed by atoms with Gasteiger partial charge in [-0.2, -0.15) is 0 Å². The van der Waals surface area contributed by atoms with E-state index in [2.05, 4.69) is 10.6 Å². The highest BCUT2D eigenvalue weighted by atomic mass is 35.5. The smallest absolute Gasteiger partial charge is 0.229 e. The number of hydrogen-bond acceptors (Lipinski definition) is 2. The van der Waals surface area contributed by atoms with Gasteiger partial charge in [-0.3, -0.25) is 9.59 Å². The van der Waals surface area contributed by atoms with E-state index in [1.54, 1.807) is 12.1 Å². The summed E-state index contributed by atoms with van der Waals surface area (Å²) in [4.78, 5) is 22.9. The van der Waals surface area contributed by atoms with Gasteiger partial charge in [0.25, 0.3) is 0 Å². The van der Waals surface area contributed by atoms with Gasteiger partial charge in [-0.25, -0.2) is 0 Å². The van der Waals surface area contributed by atoms with Crippen LogP contribution >= 0.6 is 11.6 Å². The number of benzene rings is 1. The number of amides is 2. The maximum absolute atomic E-state index is 11.5. The standard InChI is InChI=1S/C13H15ClN2O2/c14-10-3-1-9(2-4-10)8-15-12(17)7-13(18)16-11-5-6-11/h1-4,11H,5-8H2,(H,15,17)(H,16,18). The second-order valence-electron chi connectivity index (χ2n) is 4.42. The lowest BCUT2D eigenvalue weighted by Crippen LogP contribution is -2.32. The first kappa shape index (κ1) is 12.9. The molecule has 96 valence electrons. The third-order valence-electron chi connectivity index (χ3n) is 2.67. The highest BCUT2D eigenvalue weighted by Gasteiger charge is 2.23. The highest BCUT2D eigenvalue weighted by molar-refractivity contribution is 6.30. The minimum atomic E-state index is -0.261. The molecule has 2 N–H and O–H groups in total. The summed E-state index contributed by atoms with van der Waals surface area (Å²) in [6, 6.07) is 7.51. The number of halogens is 1. The van der Waals surface area contributed by atoms with Gasteiger partial charge in [0.05, 0.1) is 0 Å². The Morgan fingerprint density at radius 2 is 1.83 bits per heavy atom. The van der Waals surface area contributed by atoms with E-state index in [9.17, 15) is 9.59 Å². The molecule has 1 aromatic rings. The fourth-order valence-corrected chi connectivity index (χ4v) is 1.64. The summed E-state index contributed by atoms with van der Waals surface area (Å²) >= 11 is 5.76. The average Bonchev–Trinajstić information content (AvgIpc) is 3.12. The van der Waals surface area contributed by atoms with Gasteiger partial charge in [0.15, 0.2) is 0 Å². The van der Waals surface area contributed by atoms with Gasteiger partial charge in [0.1, 0.15) is 6.42 Å². The lowest BCUT2D eigenvalue weighted by Gasteiger charge is -2.06. The monoisotopic (exact) mass is 266 g/mol. The first-order valence-electron chi connectivity index (χ1n) is 5.94. The molecular weight excluding hydrogens is 252 g/mol. The molecule has 1 saturated carbocycles. The molecular formula is C13H15ClN2O2. The van der Waals surface area contributed by atoms with Crippen molar-refractivity contribution in [1.29, 1.82) is 0 Å². The molecule has 1 aliphatic carbocycles. The predicted octanol–water partition coefficient (Wildman–Crippen LogP) is 1.62. The Kier molecular flexibility index (Phi) is 4.20. The van der Waals surface area contributed by atoms with Gasteiger partial charge < -0.3 is 10.6 Å². The van der Waals surface area contributed by atoms with E-state index in [4.69, 9.17) is 11.6 Å². The maximum Gasteiger partial charge on any atom is 0.229 e. The normalized spacial score (nSPS) is 14.1. The van der Waals surface area contributed by atoms with Crippen LogP contribution in [0.15, 0.2) is 24.3 Å². The van der Waals surface area contributed by atoms with Crippen molar-refractivity contribution < 1.29 is 9.59 Å². The first-order chi connectivity index (χ1) is 8.63. The van der Waals surface area contributed by atoms with Gasteiger partial charge in [-0.1, -0.05) is 23.7 Å².